The van der Waals surface area contributed by atoms with Crippen molar-refractivity contribution < 1.29 is 9.47 Å². The SMILES string of the molecule is COCCCN(CCCCCCN)CCOC. The number of methoxy groups -OCH3 is 2. The summed E-state index contributed by atoms with van der Waals surface area (Å²) in [6, 6.07) is 0. The van der Waals surface area contributed by atoms with Crippen molar-refractivity contribution in [2.75, 3.05) is 53.6 Å². The molecule has 0 rings (SSSR count). The van der Waals surface area contributed by atoms with Gasteiger partial charge < -0.3 is 20.1 Å². The molecule has 0 amide bonds. The average Bonchev–Trinajstić information content (AvgIpc) is 2.35. The molecule has 0 atom stereocenters. The van der Waals surface area contributed by atoms with E-state index in [2.05, 4.69) is 4.90 Å². The molecule has 0 saturated carbocycles. The van der Waals surface area contributed by atoms with Crippen LogP contribution < -0.4 is 5.73 Å². The van der Waals surface area contributed by atoms with Crippen LogP contribution >= 0.6 is 0 Å². The third-order valence-electron chi connectivity index (χ3n) is 2.86. The molecule has 0 radical (unpaired) electrons. The number of hydrogen-bond acceptors (Lipinski definition) is 4. The Morgan fingerprint density at radius 1 is 0.765 bits per heavy atom. The Labute approximate surface area is 106 Å². The Kier molecular flexibility index (Phi) is 13.8. The number of nitrogens with zero attached hydrogens (tertiary/aromatic N) is 1. The molecule has 17 heavy (non-hydrogen) atoms. The third kappa shape index (κ3) is 12.1. The maximum atomic E-state index is 5.48. The van der Waals surface area contributed by atoms with Crippen molar-refractivity contribution in [3.05, 3.63) is 0 Å². The molecule has 0 aliphatic heterocycles. The first-order chi connectivity index (χ1) is 8.35. The van der Waals surface area contributed by atoms with Crippen LogP contribution in [-0.4, -0.2) is 58.5 Å². The lowest BCUT2D eigenvalue weighted by atomic mass is 10.2. The zero-order valence-corrected chi connectivity index (χ0v) is 11.6. The van der Waals surface area contributed by atoms with Crippen LogP contribution in [0.5, 0.6) is 0 Å². The normalized spacial score (nSPS) is 11.3. The van der Waals surface area contributed by atoms with E-state index in [4.69, 9.17) is 15.2 Å². The molecule has 0 aliphatic rings. The molecular formula is C13H30N2O2. The first-order valence-corrected chi connectivity index (χ1v) is 6.75. The van der Waals surface area contributed by atoms with Crippen LogP contribution in [0, 0.1) is 0 Å². The first-order valence-electron chi connectivity index (χ1n) is 6.75. The molecule has 0 spiro atoms. The van der Waals surface area contributed by atoms with E-state index in [0.717, 1.165) is 52.2 Å². The predicted octanol–water partition coefficient (Wildman–Crippen LogP) is 1.49. The zero-order chi connectivity index (χ0) is 12.8. The fourth-order valence-electron chi connectivity index (χ4n) is 1.82. The predicted molar refractivity (Wildman–Crippen MR) is 72.3 cm³/mol. The lowest BCUT2D eigenvalue weighted by Gasteiger charge is -2.21. The van der Waals surface area contributed by atoms with Gasteiger partial charge >= 0.3 is 0 Å². The quantitative estimate of drug-likeness (QED) is 0.500. The fourth-order valence-corrected chi connectivity index (χ4v) is 1.82. The second-order valence-corrected chi connectivity index (χ2v) is 4.38. The van der Waals surface area contributed by atoms with E-state index in [0.29, 0.717) is 0 Å². The van der Waals surface area contributed by atoms with E-state index in [1.54, 1.807) is 14.2 Å². The van der Waals surface area contributed by atoms with Crippen molar-refractivity contribution in [1.82, 2.24) is 4.90 Å². The molecule has 104 valence electrons. The molecule has 0 saturated heterocycles. The Balaban J connectivity index is 3.53. The number of rotatable bonds is 13. The molecule has 0 aromatic carbocycles. The van der Waals surface area contributed by atoms with Crippen LogP contribution in [0.25, 0.3) is 0 Å². The molecule has 0 heterocycles. The first kappa shape index (κ1) is 16.8. The van der Waals surface area contributed by atoms with Gasteiger partial charge in [0.25, 0.3) is 0 Å². The van der Waals surface area contributed by atoms with Crippen molar-refractivity contribution in [2.45, 2.75) is 32.1 Å². The summed E-state index contributed by atoms with van der Waals surface area (Å²) in [5.74, 6) is 0. The van der Waals surface area contributed by atoms with Gasteiger partial charge in [0.15, 0.2) is 0 Å². The van der Waals surface area contributed by atoms with Gasteiger partial charge in [-0.3, -0.25) is 0 Å². The van der Waals surface area contributed by atoms with Gasteiger partial charge in [0, 0.05) is 33.9 Å². The second-order valence-electron chi connectivity index (χ2n) is 4.38. The molecular weight excluding hydrogens is 216 g/mol. The molecule has 0 unspecified atom stereocenters. The number of ether oxygens (including phenoxy) is 2. The summed E-state index contributed by atoms with van der Waals surface area (Å²) in [6.45, 7) is 5.77. The summed E-state index contributed by atoms with van der Waals surface area (Å²) in [5.41, 5.74) is 5.48. The summed E-state index contributed by atoms with van der Waals surface area (Å²) < 4.78 is 10.2. The monoisotopic (exact) mass is 246 g/mol. The van der Waals surface area contributed by atoms with Crippen molar-refractivity contribution in [1.29, 1.82) is 0 Å². The molecule has 2 N–H and O–H groups in total. The van der Waals surface area contributed by atoms with Crippen molar-refractivity contribution in [2.24, 2.45) is 5.73 Å². The summed E-state index contributed by atoms with van der Waals surface area (Å²) in [4.78, 5) is 2.46. The summed E-state index contributed by atoms with van der Waals surface area (Å²) in [7, 11) is 3.51. The Bertz CT molecular complexity index is 145. The highest BCUT2D eigenvalue weighted by Gasteiger charge is 2.03. The van der Waals surface area contributed by atoms with Crippen LogP contribution in [0.15, 0.2) is 0 Å². The van der Waals surface area contributed by atoms with E-state index in [1.165, 1.54) is 19.3 Å². The maximum Gasteiger partial charge on any atom is 0.0589 e. The highest BCUT2D eigenvalue weighted by atomic mass is 16.5. The van der Waals surface area contributed by atoms with E-state index in [-0.39, 0.29) is 0 Å². The van der Waals surface area contributed by atoms with Crippen LogP contribution in [0.2, 0.25) is 0 Å². The van der Waals surface area contributed by atoms with E-state index in [9.17, 15) is 0 Å². The number of nitrogens with two attached hydrogens (primary N) is 1. The Hall–Kier alpha value is -0.160. The topological polar surface area (TPSA) is 47.7 Å². The van der Waals surface area contributed by atoms with E-state index >= 15 is 0 Å². The molecule has 0 aromatic heterocycles. The van der Waals surface area contributed by atoms with Gasteiger partial charge in [-0.1, -0.05) is 12.8 Å². The molecule has 0 aliphatic carbocycles. The number of hydrogen-bond donors (Lipinski definition) is 1. The molecule has 0 fully saturated rings. The minimum Gasteiger partial charge on any atom is -0.385 e. The molecule has 0 bridgehead atoms. The van der Waals surface area contributed by atoms with Gasteiger partial charge in [0.1, 0.15) is 0 Å². The highest BCUT2D eigenvalue weighted by molar-refractivity contribution is 4.58. The van der Waals surface area contributed by atoms with E-state index in [1.807, 2.05) is 0 Å². The van der Waals surface area contributed by atoms with Gasteiger partial charge in [-0.05, 0) is 32.4 Å². The molecule has 4 nitrogen and oxygen atoms in total. The smallest absolute Gasteiger partial charge is 0.0589 e. The third-order valence-corrected chi connectivity index (χ3v) is 2.86. The average molecular weight is 246 g/mol. The van der Waals surface area contributed by atoms with Crippen LogP contribution in [0.3, 0.4) is 0 Å². The van der Waals surface area contributed by atoms with Gasteiger partial charge in [-0.15, -0.1) is 0 Å². The second kappa shape index (κ2) is 13.9. The lowest BCUT2D eigenvalue weighted by Crippen LogP contribution is -2.30. The molecule has 0 aromatic rings. The van der Waals surface area contributed by atoms with Gasteiger partial charge in [0.2, 0.25) is 0 Å². The minimum absolute atomic E-state index is 0.815. The standard InChI is InChI=1S/C13H30N2O2/c1-16-12-7-10-15(11-13-17-2)9-6-4-3-5-8-14/h3-14H2,1-2H3. The van der Waals surface area contributed by atoms with Crippen molar-refractivity contribution in [3.63, 3.8) is 0 Å². The van der Waals surface area contributed by atoms with Crippen molar-refractivity contribution in [3.8, 4) is 0 Å². The Morgan fingerprint density at radius 3 is 2.06 bits per heavy atom. The van der Waals surface area contributed by atoms with Crippen LogP contribution in [0.1, 0.15) is 32.1 Å². The van der Waals surface area contributed by atoms with Gasteiger partial charge in [-0.2, -0.15) is 0 Å². The Morgan fingerprint density at radius 2 is 1.41 bits per heavy atom. The number of unbranched alkanes of at least 4 members (excludes halogenated alkanes) is 3. The minimum atomic E-state index is 0.815. The summed E-state index contributed by atoms with van der Waals surface area (Å²) in [5, 5.41) is 0. The van der Waals surface area contributed by atoms with Crippen LogP contribution in [-0.2, 0) is 9.47 Å². The summed E-state index contributed by atoms with van der Waals surface area (Å²) in [6.07, 6.45) is 6.05. The van der Waals surface area contributed by atoms with Gasteiger partial charge in [-0.25, -0.2) is 0 Å². The highest BCUT2D eigenvalue weighted by Crippen LogP contribution is 2.02. The summed E-state index contributed by atoms with van der Waals surface area (Å²) >= 11 is 0. The zero-order valence-electron chi connectivity index (χ0n) is 11.6. The van der Waals surface area contributed by atoms with Crippen molar-refractivity contribution >= 4 is 0 Å². The van der Waals surface area contributed by atoms with Crippen LogP contribution in [0.4, 0.5) is 0 Å². The largest absolute Gasteiger partial charge is 0.385 e. The maximum absolute atomic E-state index is 5.48. The lowest BCUT2D eigenvalue weighted by molar-refractivity contribution is 0.131. The van der Waals surface area contributed by atoms with Gasteiger partial charge in [0.05, 0.1) is 6.61 Å². The fraction of sp³-hybridized carbons (Fsp3) is 1.00. The van der Waals surface area contributed by atoms with E-state index < -0.39 is 0 Å². The molecule has 4 heteroatoms.